The van der Waals surface area contributed by atoms with Crippen LogP contribution in [0, 0.1) is 0 Å². The predicted molar refractivity (Wildman–Crippen MR) is 92.6 cm³/mol. The van der Waals surface area contributed by atoms with Gasteiger partial charge in [-0.3, -0.25) is 24.0 Å². The number of primary amides is 1. The molecule has 2 aromatic carbocycles. The van der Waals surface area contributed by atoms with Crippen LogP contribution < -0.4 is 5.73 Å². The average Bonchev–Trinajstić information content (AvgIpc) is 2.57. The second-order valence-electron chi connectivity index (χ2n) is 6.18. The van der Waals surface area contributed by atoms with Crippen molar-refractivity contribution in [3.63, 3.8) is 0 Å². The van der Waals surface area contributed by atoms with Gasteiger partial charge in [0.05, 0.1) is 29.5 Å². The lowest BCUT2D eigenvalue weighted by Gasteiger charge is -2.22. The molecule has 0 spiro atoms. The van der Waals surface area contributed by atoms with Crippen molar-refractivity contribution in [1.29, 1.82) is 0 Å². The largest absolute Gasteiger partial charge is 0.507 e. The Kier molecular flexibility index (Phi) is 4.44. The summed E-state index contributed by atoms with van der Waals surface area (Å²) in [5, 5.41) is 29.7. The third kappa shape index (κ3) is 2.88. The molecule has 0 unspecified atom stereocenters. The van der Waals surface area contributed by atoms with Crippen LogP contribution in [0.3, 0.4) is 0 Å². The first-order valence-electron chi connectivity index (χ1n) is 7.97. The zero-order valence-electron chi connectivity index (χ0n) is 14.2. The van der Waals surface area contributed by atoms with Gasteiger partial charge in [0, 0.05) is 11.1 Å². The topological polar surface area (TPSA) is 172 Å². The standard InChI is InChI=1S/C19H13NO8/c20-12(23)6-11(22)14-7(5-13(24)25)4-9-16(18(14)27)19(28)15-8(17(9)26)2-1-3-10(15)21/h1-4,21,27H,5-6H2,(H2,20,23)(H,24,25). The number of carbonyl (C=O) groups excluding carboxylic acids is 4. The summed E-state index contributed by atoms with van der Waals surface area (Å²) in [6.07, 6.45) is -1.57. The van der Waals surface area contributed by atoms with Crippen molar-refractivity contribution in [1.82, 2.24) is 0 Å². The number of phenols is 2. The van der Waals surface area contributed by atoms with Gasteiger partial charge < -0.3 is 21.1 Å². The Bertz CT molecular complexity index is 1100. The Morgan fingerprint density at radius 2 is 1.64 bits per heavy atom. The molecular weight excluding hydrogens is 370 g/mol. The lowest BCUT2D eigenvalue weighted by molar-refractivity contribution is -0.136. The molecule has 0 radical (unpaired) electrons. The van der Waals surface area contributed by atoms with Gasteiger partial charge in [-0.1, -0.05) is 12.1 Å². The summed E-state index contributed by atoms with van der Waals surface area (Å²) in [6, 6.07) is 4.88. The number of rotatable bonds is 5. The van der Waals surface area contributed by atoms with E-state index in [-0.39, 0.29) is 22.3 Å². The Morgan fingerprint density at radius 1 is 0.964 bits per heavy atom. The molecule has 3 rings (SSSR count). The lowest BCUT2D eigenvalue weighted by atomic mass is 9.80. The molecule has 0 aliphatic heterocycles. The summed E-state index contributed by atoms with van der Waals surface area (Å²) in [5.74, 6) is -6.42. The number of aliphatic carboxylic acids is 1. The molecule has 142 valence electrons. The maximum absolute atomic E-state index is 12.8. The van der Waals surface area contributed by atoms with Crippen molar-refractivity contribution in [2.24, 2.45) is 5.73 Å². The Labute approximate surface area is 157 Å². The van der Waals surface area contributed by atoms with Gasteiger partial charge in [0.2, 0.25) is 11.7 Å². The van der Waals surface area contributed by atoms with Crippen LogP contribution in [0.15, 0.2) is 24.3 Å². The molecule has 1 aliphatic rings. The highest BCUT2D eigenvalue weighted by Gasteiger charge is 2.37. The molecule has 9 nitrogen and oxygen atoms in total. The Hall–Kier alpha value is -4.01. The molecule has 9 heteroatoms. The number of Topliss-reactive ketones (excluding diaryl/α,β-unsaturated/α-hetero) is 1. The minimum Gasteiger partial charge on any atom is -0.507 e. The van der Waals surface area contributed by atoms with Crippen LogP contribution in [0.25, 0.3) is 0 Å². The maximum atomic E-state index is 12.8. The normalized spacial score (nSPS) is 12.3. The van der Waals surface area contributed by atoms with Crippen molar-refractivity contribution < 1.29 is 39.3 Å². The first kappa shape index (κ1) is 18.8. The van der Waals surface area contributed by atoms with Gasteiger partial charge in [0.15, 0.2) is 11.6 Å². The minimum absolute atomic E-state index is 0.116. The van der Waals surface area contributed by atoms with E-state index >= 15 is 0 Å². The molecule has 28 heavy (non-hydrogen) atoms. The highest BCUT2D eigenvalue weighted by atomic mass is 16.4. The third-order valence-corrected chi connectivity index (χ3v) is 4.32. The molecule has 0 fully saturated rings. The quantitative estimate of drug-likeness (QED) is 0.365. The van der Waals surface area contributed by atoms with Gasteiger partial charge in [-0.15, -0.1) is 0 Å². The number of carbonyl (C=O) groups is 5. The van der Waals surface area contributed by atoms with Crippen LogP contribution >= 0.6 is 0 Å². The van der Waals surface area contributed by atoms with Crippen molar-refractivity contribution >= 4 is 29.2 Å². The zero-order valence-corrected chi connectivity index (χ0v) is 14.2. The van der Waals surface area contributed by atoms with Crippen LogP contribution in [-0.4, -0.2) is 44.5 Å². The minimum atomic E-state index is -1.36. The number of carboxylic acids is 1. The summed E-state index contributed by atoms with van der Waals surface area (Å²) < 4.78 is 0. The van der Waals surface area contributed by atoms with E-state index in [1.54, 1.807) is 0 Å². The molecule has 0 bridgehead atoms. The molecule has 1 amide bonds. The van der Waals surface area contributed by atoms with Crippen molar-refractivity contribution in [2.75, 3.05) is 0 Å². The number of benzene rings is 2. The van der Waals surface area contributed by atoms with Gasteiger partial charge in [0.25, 0.3) is 0 Å². The van der Waals surface area contributed by atoms with E-state index in [1.807, 2.05) is 0 Å². The third-order valence-electron chi connectivity index (χ3n) is 4.32. The molecule has 0 saturated heterocycles. The smallest absolute Gasteiger partial charge is 0.307 e. The number of aromatic hydroxyl groups is 2. The molecule has 0 heterocycles. The van der Waals surface area contributed by atoms with E-state index in [9.17, 15) is 34.2 Å². The predicted octanol–water partition coefficient (Wildman–Crippen LogP) is 0.558. The fraction of sp³-hybridized carbons (Fsp3) is 0.105. The molecule has 1 aliphatic carbocycles. The van der Waals surface area contributed by atoms with Crippen molar-refractivity contribution in [2.45, 2.75) is 12.8 Å². The van der Waals surface area contributed by atoms with Gasteiger partial charge in [-0.05, 0) is 17.7 Å². The zero-order chi connectivity index (χ0) is 20.7. The van der Waals surface area contributed by atoms with E-state index in [2.05, 4.69) is 0 Å². The van der Waals surface area contributed by atoms with Gasteiger partial charge in [-0.2, -0.15) is 0 Å². The molecular formula is C19H13NO8. The molecule has 0 aromatic heterocycles. The summed E-state index contributed by atoms with van der Waals surface area (Å²) in [7, 11) is 0. The highest BCUT2D eigenvalue weighted by molar-refractivity contribution is 6.31. The summed E-state index contributed by atoms with van der Waals surface area (Å²) in [4.78, 5) is 60.2. The van der Waals surface area contributed by atoms with Gasteiger partial charge in [-0.25, -0.2) is 0 Å². The SMILES string of the molecule is NC(=O)CC(=O)c1c(CC(=O)O)cc2c(c1O)C(=O)c1c(O)cccc1C2=O. The lowest BCUT2D eigenvalue weighted by Crippen LogP contribution is -2.24. The number of carboxylic acid groups (broad SMARTS) is 1. The second kappa shape index (κ2) is 6.62. The summed E-state index contributed by atoms with van der Waals surface area (Å²) in [5.41, 5.74) is 2.89. The molecule has 5 N–H and O–H groups in total. The van der Waals surface area contributed by atoms with Crippen molar-refractivity contribution in [3.8, 4) is 11.5 Å². The fourth-order valence-electron chi connectivity index (χ4n) is 3.23. The number of phenolic OH excluding ortho intramolecular Hbond substituents is 2. The van der Waals surface area contributed by atoms with Crippen LogP contribution in [0.4, 0.5) is 0 Å². The molecule has 0 atom stereocenters. The average molecular weight is 383 g/mol. The van der Waals surface area contributed by atoms with Crippen LogP contribution in [0.5, 0.6) is 11.5 Å². The van der Waals surface area contributed by atoms with Crippen molar-refractivity contribution in [3.05, 3.63) is 57.6 Å². The second-order valence-corrected chi connectivity index (χ2v) is 6.18. The number of hydrogen-bond acceptors (Lipinski definition) is 7. The highest BCUT2D eigenvalue weighted by Crippen LogP contribution is 2.40. The summed E-state index contributed by atoms with van der Waals surface area (Å²) in [6.45, 7) is 0. The number of fused-ring (bicyclic) bond motifs is 2. The van der Waals surface area contributed by atoms with Gasteiger partial charge >= 0.3 is 5.97 Å². The van der Waals surface area contributed by atoms with E-state index in [4.69, 9.17) is 10.8 Å². The monoisotopic (exact) mass is 383 g/mol. The first-order valence-corrected chi connectivity index (χ1v) is 7.97. The van der Waals surface area contributed by atoms with Gasteiger partial charge in [0.1, 0.15) is 11.5 Å². The van der Waals surface area contributed by atoms with E-state index in [0.717, 1.165) is 6.07 Å². The fourth-order valence-corrected chi connectivity index (χ4v) is 3.23. The van der Waals surface area contributed by atoms with Crippen LogP contribution in [0.2, 0.25) is 0 Å². The number of amides is 1. The Balaban J connectivity index is 2.32. The Morgan fingerprint density at radius 3 is 2.25 bits per heavy atom. The molecule has 2 aromatic rings. The first-order chi connectivity index (χ1) is 13.1. The van der Waals surface area contributed by atoms with E-state index in [1.165, 1.54) is 18.2 Å². The maximum Gasteiger partial charge on any atom is 0.307 e. The number of hydrogen-bond donors (Lipinski definition) is 4. The van der Waals surface area contributed by atoms with Crippen LogP contribution in [0.1, 0.15) is 54.2 Å². The van der Waals surface area contributed by atoms with Crippen LogP contribution in [-0.2, 0) is 16.0 Å². The summed E-state index contributed by atoms with van der Waals surface area (Å²) >= 11 is 0. The van der Waals surface area contributed by atoms with E-state index in [0.29, 0.717) is 0 Å². The molecule has 0 saturated carbocycles. The number of ketones is 3. The number of nitrogens with two attached hydrogens (primary N) is 1. The van der Waals surface area contributed by atoms with E-state index < -0.39 is 64.7 Å².